The number of imidazole rings is 1. The lowest BCUT2D eigenvalue weighted by Gasteiger charge is -2.07. The van der Waals surface area contributed by atoms with E-state index in [-0.39, 0.29) is 0 Å². The average Bonchev–Trinajstić information content (AvgIpc) is 3.32. The van der Waals surface area contributed by atoms with Crippen molar-refractivity contribution in [3.63, 3.8) is 0 Å². The maximum atomic E-state index is 9.84. The second-order valence-corrected chi connectivity index (χ2v) is 8.98. The van der Waals surface area contributed by atoms with Gasteiger partial charge in [0.15, 0.2) is 0 Å². The molecule has 4 heterocycles. The van der Waals surface area contributed by atoms with Crippen LogP contribution in [0.2, 0.25) is 0 Å². The van der Waals surface area contributed by atoms with Crippen LogP contribution in [0.4, 0.5) is 0 Å². The Balaban J connectivity index is 1.57. The van der Waals surface area contributed by atoms with Crippen LogP contribution < -0.4 is 4.74 Å². The molecule has 0 spiro atoms. The summed E-state index contributed by atoms with van der Waals surface area (Å²) in [5, 5.41) is 20.5. The summed E-state index contributed by atoms with van der Waals surface area (Å²) in [5.74, 6) is 1.55. The van der Waals surface area contributed by atoms with Crippen molar-refractivity contribution < 1.29 is 4.74 Å². The molecule has 1 saturated carbocycles. The number of rotatable bonds is 5. The molecule has 5 rings (SSSR count). The molecule has 1 fully saturated rings. The monoisotopic (exact) mass is 440 g/mol. The van der Waals surface area contributed by atoms with Crippen LogP contribution in [-0.2, 0) is 0 Å². The number of aryl methyl sites for hydroxylation is 1. The number of H-pyrrole nitrogens is 1. The first-order chi connectivity index (χ1) is 15.5. The minimum Gasteiger partial charge on any atom is -0.481 e. The molecule has 0 bridgehead atoms. The van der Waals surface area contributed by atoms with Gasteiger partial charge in [-0.1, -0.05) is 0 Å². The van der Waals surface area contributed by atoms with Crippen LogP contribution in [0.15, 0.2) is 24.4 Å². The molecule has 158 valence electrons. The summed E-state index contributed by atoms with van der Waals surface area (Å²) in [6, 6.07) is 10.4. The first-order valence-electron chi connectivity index (χ1n) is 10.3. The fourth-order valence-corrected chi connectivity index (χ4v) is 5.29. The van der Waals surface area contributed by atoms with E-state index in [4.69, 9.17) is 4.74 Å². The predicted molar refractivity (Wildman–Crippen MR) is 124 cm³/mol. The van der Waals surface area contributed by atoms with Gasteiger partial charge in [-0.05, 0) is 56.4 Å². The van der Waals surface area contributed by atoms with Crippen LogP contribution in [0.1, 0.15) is 52.0 Å². The van der Waals surface area contributed by atoms with E-state index in [1.807, 2.05) is 32.1 Å². The Hall–Kier alpha value is -3.88. The molecule has 0 aliphatic heterocycles. The number of hydrogen-bond donors (Lipinski definition) is 1. The van der Waals surface area contributed by atoms with Crippen LogP contribution >= 0.6 is 11.3 Å². The van der Waals surface area contributed by atoms with E-state index in [1.54, 1.807) is 30.7 Å². The van der Waals surface area contributed by atoms with E-state index in [1.165, 1.54) is 17.7 Å². The molecule has 7 nitrogen and oxygen atoms in total. The number of ether oxygens (including phenoxy) is 1. The van der Waals surface area contributed by atoms with Crippen LogP contribution in [0.5, 0.6) is 5.88 Å². The fraction of sp³-hybridized carbons (Fsp3) is 0.250. The lowest BCUT2D eigenvalue weighted by molar-refractivity contribution is 0.398. The Bertz CT molecular complexity index is 1470. The first kappa shape index (κ1) is 20.0. The largest absolute Gasteiger partial charge is 0.481 e. The van der Waals surface area contributed by atoms with Gasteiger partial charge in [0.05, 0.1) is 35.5 Å². The normalized spacial score (nSPS) is 13.8. The molecule has 0 saturated heterocycles. The van der Waals surface area contributed by atoms with Crippen molar-refractivity contribution in [1.82, 2.24) is 19.5 Å². The van der Waals surface area contributed by atoms with Crippen LogP contribution in [-0.4, -0.2) is 26.6 Å². The van der Waals surface area contributed by atoms with Gasteiger partial charge in [-0.15, -0.1) is 11.3 Å². The molecule has 8 heteroatoms. The van der Waals surface area contributed by atoms with Crippen LogP contribution in [0.25, 0.3) is 27.7 Å². The summed E-state index contributed by atoms with van der Waals surface area (Å²) in [6.07, 6.45) is 5.88. The third-order valence-corrected chi connectivity index (χ3v) is 7.01. The average molecular weight is 441 g/mol. The number of hydrogen-bond acceptors (Lipinski definition) is 6. The second kappa shape index (κ2) is 7.67. The minimum absolute atomic E-state index is 0.422. The van der Waals surface area contributed by atoms with Gasteiger partial charge in [0.25, 0.3) is 0 Å². The van der Waals surface area contributed by atoms with Crippen molar-refractivity contribution in [2.24, 2.45) is 0 Å². The summed E-state index contributed by atoms with van der Waals surface area (Å²) >= 11 is 1.69. The number of nitriles is 2. The van der Waals surface area contributed by atoms with Gasteiger partial charge in [0, 0.05) is 22.3 Å². The predicted octanol–water partition coefficient (Wildman–Crippen LogP) is 5.25. The van der Waals surface area contributed by atoms with Crippen molar-refractivity contribution in [2.45, 2.75) is 32.6 Å². The Morgan fingerprint density at radius 2 is 2.09 bits per heavy atom. The zero-order valence-electron chi connectivity index (χ0n) is 17.9. The van der Waals surface area contributed by atoms with Crippen molar-refractivity contribution in [3.05, 3.63) is 57.6 Å². The quantitative estimate of drug-likeness (QED) is 0.427. The highest BCUT2D eigenvalue weighted by molar-refractivity contribution is 7.14. The van der Waals surface area contributed by atoms with Gasteiger partial charge < -0.3 is 14.3 Å². The number of aromatic nitrogens is 4. The third-order valence-electron chi connectivity index (χ3n) is 5.73. The summed E-state index contributed by atoms with van der Waals surface area (Å²) in [6.45, 7) is 4.03. The Morgan fingerprint density at radius 1 is 1.28 bits per heavy atom. The van der Waals surface area contributed by atoms with Gasteiger partial charge in [-0.2, -0.15) is 10.5 Å². The number of methoxy groups -OCH3 is 1. The Labute approximate surface area is 189 Å². The number of nitrogens with one attached hydrogen (secondary N) is 1. The van der Waals surface area contributed by atoms with E-state index < -0.39 is 0 Å². The summed E-state index contributed by atoms with van der Waals surface area (Å²) in [7, 11) is 1.55. The zero-order chi connectivity index (χ0) is 22.4. The molecule has 0 atom stereocenters. The zero-order valence-corrected chi connectivity index (χ0v) is 18.7. The van der Waals surface area contributed by atoms with E-state index in [2.05, 4.69) is 31.7 Å². The van der Waals surface area contributed by atoms with Gasteiger partial charge in [0.2, 0.25) is 5.88 Å². The molecule has 0 amide bonds. The number of fused-ring (bicyclic) bond motifs is 1. The maximum Gasteiger partial charge on any atom is 0.215 e. The highest BCUT2D eigenvalue weighted by Gasteiger charge is 2.28. The Morgan fingerprint density at radius 3 is 2.78 bits per heavy atom. The van der Waals surface area contributed by atoms with E-state index in [0.29, 0.717) is 34.3 Å². The summed E-state index contributed by atoms with van der Waals surface area (Å²) in [4.78, 5) is 13.2. The number of nitrogens with zero attached hydrogens (tertiary/aromatic N) is 5. The molecular weight excluding hydrogens is 420 g/mol. The van der Waals surface area contributed by atoms with Gasteiger partial charge >= 0.3 is 0 Å². The lowest BCUT2D eigenvalue weighted by atomic mass is 10.1. The SMILES string of the molecule is COc1cc2nc(C(C#N)=Cc3cc(C)n(-c4sc(C5CC5)cc4C#N)c3C)[nH]c2cn1. The van der Waals surface area contributed by atoms with E-state index in [9.17, 15) is 10.5 Å². The molecule has 1 aliphatic carbocycles. The highest BCUT2D eigenvalue weighted by Crippen LogP contribution is 2.45. The smallest absolute Gasteiger partial charge is 0.215 e. The molecule has 32 heavy (non-hydrogen) atoms. The summed E-state index contributed by atoms with van der Waals surface area (Å²) < 4.78 is 7.27. The molecular formula is C24H20N6OS. The number of allylic oxidation sites excluding steroid dienone is 1. The fourth-order valence-electron chi connectivity index (χ4n) is 3.90. The van der Waals surface area contributed by atoms with Crippen molar-refractivity contribution >= 4 is 34.0 Å². The van der Waals surface area contributed by atoms with Gasteiger partial charge in [-0.25, -0.2) is 9.97 Å². The Kier molecular flexibility index (Phi) is 4.80. The molecule has 1 N–H and O–H groups in total. The highest BCUT2D eigenvalue weighted by atomic mass is 32.1. The molecule has 0 aromatic carbocycles. The van der Waals surface area contributed by atoms with E-state index in [0.717, 1.165) is 27.5 Å². The molecule has 0 radical (unpaired) electrons. The van der Waals surface area contributed by atoms with Gasteiger partial charge in [0.1, 0.15) is 23.0 Å². The van der Waals surface area contributed by atoms with Crippen molar-refractivity contribution in [2.75, 3.05) is 7.11 Å². The molecule has 0 unspecified atom stereocenters. The molecule has 1 aliphatic rings. The maximum absolute atomic E-state index is 9.84. The standard InChI is InChI=1S/C24H20N6OS/c1-13-6-16(14(2)30(13)24-18(11-26)8-21(32-24)15-4-5-15)7-17(10-25)23-28-19-9-22(31-3)27-12-20(19)29-23/h6-9,12,15H,4-5H2,1-3H3,(H,28,29). The second-order valence-electron chi connectivity index (χ2n) is 7.91. The van der Waals surface area contributed by atoms with Crippen molar-refractivity contribution in [3.8, 4) is 23.0 Å². The molecule has 4 aromatic heterocycles. The lowest BCUT2D eigenvalue weighted by Crippen LogP contribution is -1.98. The molecule has 4 aromatic rings. The van der Waals surface area contributed by atoms with Crippen LogP contribution in [0.3, 0.4) is 0 Å². The first-order valence-corrected chi connectivity index (χ1v) is 11.1. The third kappa shape index (κ3) is 3.35. The van der Waals surface area contributed by atoms with E-state index >= 15 is 0 Å². The topological polar surface area (TPSA) is 103 Å². The summed E-state index contributed by atoms with van der Waals surface area (Å²) in [5.41, 5.74) is 5.46. The van der Waals surface area contributed by atoms with Gasteiger partial charge in [-0.3, -0.25) is 0 Å². The number of aromatic amines is 1. The van der Waals surface area contributed by atoms with Crippen molar-refractivity contribution in [1.29, 1.82) is 10.5 Å². The number of pyridine rings is 1. The minimum atomic E-state index is 0.422. The number of thiophene rings is 1. The van der Waals surface area contributed by atoms with Crippen LogP contribution in [0, 0.1) is 36.5 Å².